The van der Waals surface area contributed by atoms with Crippen LogP contribution in [-0.4, -0.2) is 35.1 Å². The maximum absolute atomic E-state index is 13.7. The first kappa shape index (κ1) is 22.6. The van der Waals surface area contributed by atoms with Crippen LogP contribution in [0.4, 0.5) is 9.18 Å². The van der Waals surface area contributed by atoms with Gasteiger partial charge in [0.15, 0.2) is 0 Å². The first-order valence-electron chi connectivity index (χ1n) is 11.0. The van der Waals surface area contributed by atoms with Crippen LogP contribution < -0.4 is 5.32 Å². The Bertz CT molecular complexity index is 802. The third-order valence-corrected chi connectivity index (χ3v) is 6.53. The molecular formula is C24H35FN2O3. The van der Waals surface area contributed by atoms with Gasteiger partial charge in [-0.1, -0.05) is 32.0 Å². The molecule has 2 aliphatic rings. The maximum atomic E-state index is 13.7. The van der Waals surface area contributed by atoms with Crippen LogP contribution in [0.15, 0.2) is 18.2 Å². The zero-order valence-electron chi connectivity index (χ0n) is 18.9. The summed E-state index contributed by atoms with van der Waals surface area (Å²) < 4.78 is 18.5. The number of benzene rings is 1. The van der Waals surface area contributed by atoms with Gasteiger partial charge in [-0.05, 0) is 69.1 Å². The standard InChI is InChI=1S/C24H35FN2O3/c1-16(2)24(10-8-20(13-24)26-22(29)30-23(3,4)5)21(28)27-11-9-18-7-6-17(14-25)12-19(18)15-27/h6-7,12,16,20H,8-11,13-15H2,1-5H3,(H,26,29)/t20?,24-/m0/s1. The molecule has 0 saturated heterocycles. The van der Waals surface area contributed by atoms with Crippen LogP contribution in [-0.2, 0) is 29.2 Å². The van der Waals surface area contributed by atoms with Crippen molar-refractivity contribution in [2.45, 2.75) is 85.2 Å². The molecule has 1 aromatic rings. The Balaban J connectivity index is 1.72. The summed E-state index contributed by atoms with van der Waals surface area (Å²) >= 11 is 0. The van der Waals surface area contributed by atoms with E-state index in [1.807, 2.05) is 43.9 Å². The maximum Gasteiger partial charge on any atom is 0.407 e. The molecule has 1 aliphatic carbocycles. The highest BCUT2D eigenvalue weighted by Crippen LogP contribution is 2.46. The van der Waals surface area contributed by atoms with Gasteiger partial charge in [-0.15, -0.1) is 0 Å². The molecule has 6 heteroatoms. The largest absolute Gasteiger partial charge is 0.444 e. The first-order chi connectivity index (χ1) is 14.0. The minimum absolute atomic E-state index is 0.0681. The number of hydrogen-bond acceptors (Lipinski definition) is 3. The second-order valence-electron chi connectivity index (χ2n) is 10.1. The highest BCUT2D eigenvalue weighted by molar-refractivity contribution is 5.84. The lowest BCUT2D eigenvalue weighted by molar-refractivity contribution is -0.145. The van der Waals surface area contributed by atoms with E-state index in [1.165, 1.54) is 5.56 Å². The zero-order chi connectivity index (χ0) is 22.1. The van der Waals surface area contributed by atoms with Crippen LogP contribution in [0.1, 0.15) is 70.6 Å². The minimum Gasteiger partial charge on any atom is -0.444 e. The number of halogens is 1. The lowest BCUT2D eigenvalue weighted by atomic mass is 9.74. The molecule has 1 aromatic carbocycles. The van der Waals surface area contributed by atoms with Crippen LogP contribution in [0.25, 0.3) is 0 Å². The lowest BCUT2D eigenvalue weighted by Gasteiger charge is -2.39. The molecule has 1 N–H and O–H groups in total. The molecule has 0 spiro atoms. The van der Waals surface area contributed by atoms with Crippen molar-refractivity contribution >= 4 is 12.0 Å². The molecule has 30 heavy (non-hydrogen) atoms. The van der Waals surface area contributed by atoms with Gasteiger partial charge in [-0.2, -0.15) is 0 Å². The van der Waals surface area contributed by atoms with Crippen LogP contribution in [0.5, 0.6) is 0 Å². The van der Waals surface area contributed by atoms with E-state index < -0.39 is 23.8 Å². The number of rotatable bonds is 4. The van der Waals surface area contributed by atoms with E-state index in [9.17, 15) is 14.0 Å². The molecule has 1 heterocycles. The Morgan fingerprint density at radius 2 is 2.03 bits per heavy atom. The predicted molar refractivity (Wildman–Crippen MR) is 115 cm³/mol. The number of alkyl carbamates (subject to hydrolysis) is 1. The molecule has 0 bridgehead atoms. The summed E-state index contributed by atoms with van der Waals surface area (Å²) in [5.74, 6) is 0.316. The molecule has 1 fully saturated rings. The van der Waals surface area contributed by atoms with Crippen LogP contribution in [0.3, 0.4) is 0 Å². The first-order valence-corrected chi connectivity index (χ1v) is 11.0. The topological polar surface area (TPSA) is 58.6 Å². The number of amides is 2. The van der Waals surface area contributed by atoms with Gasteiger partial charge >= 0.3 is 6.09 Å². The van der Waals surface area contributed by atoms with E-state index in [0.29, 0.717) is 25.1 Å². The van der Waals surface area contributed by atoms with Gasteiger partial charge in [0.05, 0.1) is 5.41 Å². The van der Waals surface area contributed by atoms with Crippen molar-refractivity contribution in [3.05, 3.63) is 34.9 Å². The number of carbonyl (C=O) groups excluding carboxylic acids is 2. The molecule has 166 valence electrons. The average Bonchev–Trinajstić information content (AvgIpc) is 3.10. The van der Waals surface area contributed by atoms with Crippen molar-refractivity contribution in [1.29, 1.82) is 0 Å². The van der Waals surface area contributed by atoms with Crippen molar-refractivity contribution in [2.75, 3.05) is 6.54 Å². The second kappa shape index (κ2) is 8.56. The quantitative estimate of drug-likeness (QED) is 0.767. The number of ether oxygens (including phenoxy) is 1. The Morgan fingerprint density at radius 3 is 2.67 bits per heavy atom. The fourth-order valence-corrected chi connectivity index (χ4v) is 4.82. The van der Waals surface area contributed by atoms with Crippen molar-refractivity contribution in [3.8, 4) is 0 Å². The fraction of sp³-hybridized carbons (Fsp3) is 0.667. The summed E-state index contributed by atoms with van der Waals surface area (Å²) in [7, 11) is 0. The minimum atomic E-state index is -0.548. The van der Waals surface area contributed by atoms with Gasteiger partial charge in [0.25, 0.3) is 0 Å². The summed E-state index contributed by atoms with van der Waals surface area (Å²) in [5.41, 5.74) is 1.86. The molecule has 1 saturated carbocycles. The number of nitrogens with one attached hydrogen (secondary N) is 1. The molecule has 5 nitrogen and oxygen atoms in total. The zero-order valence-corrected chi connectivity index (χ0v) is 18.9. The average molecular weight is 419 g/mol. The molecule has 0 radical (unpaired) electrons. The molecule has 2 atom stereocenters. The summed E-state index contributed by atoms with van der Waals surface area (Å²) in [6.45, 7) is 10.4. The van der Waals surface area contributed by atoms with Crippen LogP contribution >= 0.6 is 0 Å². The summed E-state index contributed by atoms with van der Waals surface area (Å²) in [4.78, 5) is 27.8. The van der Waals surface area contributed by atoms with Crippen molar-refractivity contribution in [1.82, 2.24) is 10.2 Å². The van der Waals surface area contributed by atoms with Gasteiger partial charge in [0.2, 0.25) is 5.91 Å². The number of alkyl halides is 1. The Kier molecular flexibility index (Phi) is 6.44. The van der Waals surface area contributed by atoms with Gasteiger partial charge in [-0.25, -0.2) is 9.18 Å². The number of carbonyl (C=O) groups is 2. The molecule has 3 rings (SSSR count). The lowest BCUT2D eigenvalue weighted by Crippen LogP contribution is -2.48. The SMILES string of the molecule is CC(C)[C@]1(C(=O)N2CCc3ccc(CF)cc3C2)CCC(NC(=O)OC(C)(C)C)C1. The monoisotopic (exact) mass is 418 g/mol. The Morgan fingerprint density at radius 1 is 1.30 bits per heavy atom. The third kappa shape index (κ3) is 4.79. The number of fused-ring (bicyclic) bond motifs is 1. The summed E-state index contributed by atoms with van der Waals surface area (Å²) in [6.07, 6.45) is 2.50. The fourth-order valence-electron chi connectivity index (χ4n) is 4.82. The molecular weight excluding hydrogens is 383 g/mol. The second-order valence-corrected chi connectivity index (χ2v) is 10.1. The third-order valence-electron chi connectivity index (χ3n) is 6.53. The van der Waals surface area contributed by atoms with Crippen molar-refractivity contribution in [3.63, 3.8) is 0 Å². The molecule has 2 amide bonds. The normalized spacial score (nSPS) is 24.0. The highest BCUT2D eigenvalue weighted by Gasteiger charge is 2.50. The van der Waals surface area contributed by atoms with E-state index in [1.54, 1.807) is 0 Å². The summed E-state index contributed by atoms with van der Waals surface area (Å²) in [5, 5.41) is 2.96. The number of nitrogens with zero attached hydrogens (tertiary/aromatic N) is 1. The van der Waals surface area contributed by atoms with E-state index >= 15 is 0 Å². The van der Waals surface area contributed by atoms with Crippen molar-refractivity contribution < 1.29 is 18.7 Å². The van der Waals surface area contributed by atoms with E-state index in [4.69, 9.17) is 4.74 Å². The molecule has 0 aromatic heterocycles. The van der Waals surface area contributed by atoms with Gasteiger partial charge < -0.3 is 15.0 Å². The van der Waals surface area contributed by atoms with Crippen molar-refractivity contribution in [2.24, 2.45) is 11.3 Å². The van der Waals surface area contributed by atoms with Gasteiger partial charge in [-0.3, -0.25) is 4.79 Å². The Hall–Kier alpha value is -2.11. The van der Waals surface area contributed by atoms with E-state index in [0.717, 1.165) is 24.8 Å². The van der Waals surface area contributed by atoms with Crippen LogP contribution in [0.2, 0.25) is 0 Å². The number of hydrogen-bond donors (Lipinski definition) is 1. The van der Waals surface area contributed by atoms with E-state index in [-0.39, 0.29) is 17.9 Å². The predicted octanol–water partition coefficient (Wildman–Crippen LogP) is 4.76. The van der Waals surface area contributed by atoms with Gasteiger partial charge in [0.1, 0.15) is 12.3 Å². The molecule has 1 unspecified atom stereocenters. The smallest absolute Gasteiger partial charge is 0.407 e. The highest BCUT2D eigenvalue weighted by atomic mass is 19.1. The summed E-state index contributed by atoms with van der Waals surface area (Å²) in [6, 6.07) is 5.64. The van der Waals surface area contributed by atoms with Crippen LogP contribution in [0, 0.1) is 11.3 Å². The van der Waals surface area contributed by atoms with Gasteiger partial charge in [0, 0.05) is 19.1 Å². The Labute approximate surface area is 179 Å². The van der Waals surface area contributed by atoms with E-state index in [2.05, 4.69) is 19.2 Å². The molecule has 1 aliphatic heterocycles.